The average molecular weight is 420 g/mol. The number of carbonyl (C=O) groups is 2. The van der Waals surface area contributed by atoms with Crippen LogP contribution in [0.5, 0.6) is 0 Å². The molecule has 0 unspecified atom stereocenters. The molecule has 6 heteroatoms. The maximum atomic E-state index is 14.5. The van der Waals surface area contributed by atoms with Gasteiger partial charge in [-0.05, 0) is 38.0 Å². The third-order valence-electron chi connectivity index (χ3n) is 6.80. The summed E-state index contributed by atoms with van der Waals surface area (Å²) >= 11 is 0. The number of nitrogens with zero attached hydrogens (tertiary/aromatic N) is 2. The SMILES string of the molecule is C[C@]1(C(=O)NC2CCCC2)Cn2c(cc3ccccc32)C(=O)N1Cc1ccccc1F. The summed E-state index contributed by atoms with van der Waals surface area (Å²) in [4.78, 5) is 28.8. The number of hydrogen-bond acceptors (Lipinski definition) is 2. The van der Waals surface area contributed by atoms with Gasteiger partial charge in [-0.2, -0.15) is 0 Å². The molecule has 0 bridgehead atoms. The van der Waals surface area contributed by atoms with Gasteiger partial charge < -0.3 is 14.8 Å². The first-order valence-corrected chi connectivity index (χ1v) is 10.9. The molecule has 31 heavy (non-hydrogen) atoms. The Morgan fingerprint density at radius 1 is 1.13 bits per heavy atom. The highest BCUT2D eigenvalue weighted by Crippen LogP contribution is 2.34. The van der Waals surface area contributed by atoms with Crippen molar-refractivity contribution in [2.24, 2.45) is 0 Å². The van der Waals surface area contributed by atoms with Gasteiger partial charge in [-0.1, -0.05) is 49.2 Å². The molecule has 1 aliphatic heterocycles. The van der Waals surface area contributed by atoms with Gasteiger partial charge in [0.15, 0.2) is 0 Å². The van der Waals surface area contributed by atoms with E-state index >= 15 is 0 Å². The number of aromatic nitrogens is 1. The molecule has 2 aliphatic rings. The Hall–Kier alpha value is -3.15. The number of hydrogen-bond donors (Lipinski definition) is 1. The highest BCUT2D eigenvalue weighted by atomic mass is 19.1. The molecule has 5 nitrogen and oxygen atoms in total. The molecule has 1 saturated carbocycles. The highest BCUT2D eigenvalue weighted by Gasteiger charge is 2.48. The van der Waals surface area contributed by atoms with E-state index in [2.05, 4.69) is 5.32 Å². The number of para-hydroxylation sites is 1. The molecule has 2 amide bonds. The van der Waals surface area contributed by atoms with Crippen molar-refractivity contribution in [3.8, 4) is 0 Å². The van der Waals surface area contributed by atoms with Crippen LogP contribution in [0.25, 0.3) is 10.9 Å². The zero-order valence-corrected chi connectivity index (χ0v) is 17.6. The van der Waals surface area contributed by atoms with E-state index in [1.165, 1.54) is 6.07 Å². The fourth-order valence-corrected chi connectivity index (χ4v) is 4.96. The largest absolute Gasteiger partial charge is 0.351 e. The standard InChI is InChI=1S/C25H26FN3O2/c1-25(24(31)27-19-10-4-5-11-19)16-28-21-13-7-3-8-17(21)14-22(28)23(30)29(25)15-18-9-2-6-12-20(18)26/h2-3,6-9,12-14,19H,4-5,10-11,15-16H2,1H3,(H,27,31)/t25-/m1/s1. The van der Waals surface area contributed by atoms with Crippen LogP contribution in [0.3, 0.4) is 0 Å². The van der Waals surface area contributed by atoms with Crippen LogP contribution >= 0.6 is 0 Å². The monoisotopic (exact) mass is 419 g/mol. The fraction of sp³-hybridized carbons (Fsp3) is 0.360. The molecule has 0 radical (unpaired) electrons. The Bertz CT molecular complexity index is 1160. The van der Waals surface area contributed by atoms with Crippen LogP contribution in [0.15, 0.2) is 54.6 Å². The van der Waals surface area contributed by atoms with Crippen molar-refractivity contribution in [3.05, 3.63) is 71.7 Å². The maximum absolute atomic E-state index is 14.5. The van der Waals surface area contributed by atoms with Crippen LogP contribution < -0.4 is 5.32 Å². The molecule has 1 aromatic heterocycles. The lowest BCUT2D eigenvalue weighted by Crippen LogP contribution is -2.64. The van der Waals surface area contributed by atoms with Gasteiger partial charge in [-0.3, -0.25) is 9.59 Å². The lowest BCUT2D eigenvalue weighted by atomic mass is 9.93. The van der Waals surface area contributed by atoms with Gasteiger partial charge in [-0.15, -0.1) is 0 Å². The van der Waals surface area contributed by atoms with Crippen LogP contribution in [0.1, 0.15) is 48.7 Å². The van der Waals surface area contributed by atoms with Gasteiger partial charge in [0.25, 0.3) is 5.91 Å². The fourth-order valence-electron chi connectivity index (χ4n) is 4.96. The highest BCUT2D eigenvalue weighted by molar-refractivity contribution is 6.03. The summed E-state index contributed by atoms with van der Waals surface area (Å²) in [6, 6.07) is 16.2. The Morgan fingerprint density at radius 2 is 1.84 bits per heavy atom. The number of nitrogens with one attached hydrogen (secondary N) is 1. The molecular formula is C25H26FN3O2. The van der Waals surface area contributed by atoms with E-state index in [9.17, 15) is 14.0 Å². The summed E-state index contributed by atoms with van der Waals surface area (Å²) in [5.41, 5.74) is 0.733. The molecule has 1 fully saturated rings. The van der Waals surface area contributed by atoms with E-state index in [0.717, 1.165) is 36.6 Å². The molecule has 2 heterocycles. The van der Waals surface area contributed by atoms with Gasteiger partial charge >= 0.3 is 0 Å². The second-order valence-electron chi connectivity index (χ2n) is 8.89. The second-order valence-corrected chi connectivity index (χ2v) is 8.89. The topological polar surface area (TPSA) is 54.3 Å². The van der Waals surface area contributed by atoms with E-state index in [4.69, 9.17) is 0 Å². The quantitative estimate of drug-likeness (QED) is 0.687. The van der Waals surface area contributed by atoms with Crippen molar-refractivity contribution in [1.29, 1.82) is 0 Å². The summed E-state index contributed by atoms with van der Waals surface area (Å²) in [5, 5.41) is 4.13. The Kier molecular flexibility index (Phi) is 4.80. The summed E-state index contributed by atoms with van der Waals surface area (Å²) in [6.45, 7) is 2.17. The van der Waals surface area contributed by atoms with Crippen molar-refractivity contribution in [2.75, 3.05) is 0 Å². The van der Waals surface area contributed by atoms with Gasteiger partial charge in [0.2, 0.25) is 5.91 Å². The summed E-state index contributed by atoms with van der Waals surface area (Å²) < 4.78 is 16.4. The molecule has 1 N–H and O–H groups in total. The molecule has 3 aromatic rings. The van der Waals surface area contributed by atoms with Crippen LogP contribution in [-0.4, -0.2) is 32.9 Å². The van der Waals surface area contributed by atoms with Crippen LogP contribution in [-0.2, 0) is 17.9 Å². The first kappa shape index (κ1) is 19.8. The summed E-state index contributed by atoms with van der Waals surface area (Å²) in [5.74, 6) is -0.803. The molecule has 1 atom stereocenters. The van der Waals surface area contributed by atoms with Gasteiger partial charge in [0, 0.05) is 22.5 Å². The molecule has 2 aromatic carbocycles. The van der Waals surface area contributed by atoms with Gasteiger partial charge in [0.1, 0.15) is 17.1 Å². The molecule has 0 spiro atoms. The van der Waals surface area contributed by atoms with E-state index in [-0.39, 0.29) is 30.2 Å². The average Bonchev–Trinajstić information content (AvgIpc) is 3.40. The number of amides is 2. The van der Waals surface area contributed by atoms with E-state index in [1.807, 2.05) is 34.9 Å². The van der Waals surface area contributed by atoms with E-state index in [0.29, 0.717) is 17.8 Å². The van der Waals surface area contributed by atoms with Crippen molar-refractivity contribution in [1.82, 2.24) is 14.8 Å². The summed E-state index contributed by atoms with van der Waals surface area (Å²) in [7, 11) is 0. The van der Waals surface area contributed by atoms with Crippen LogP contribution in [0.2, 0.25) is 0 Å². The smallest absolute Gasteiger partial charge is 0.271 e. The van der Waals surface area contributed by atoms with Gasteiger partial charge in [0.05, 0.1) is 13.1 Å². The number of benzene rings is 2. The maximum Gasteiger partial charge on any atom is 0.271 e. The Balaban J connectivity index is 1.58. The zero-order valence-electron chi connectivity index (χ0n) is 17.6. The van der Waals surface area contributed by atoms with E-state index in [1.54, 1.807) is 30.0 Å². The molecule has 0 saturated heterocycles. The van der Waals surface area contributed by atoms with Crippen molar-refractivity contribution in [2.45, 2.75) is 57.3 Å². The van der Waals surface area contributed by atoms with Crippen molar-refractivity contribution < 1.29 is 14.0 Å². The minimum absolute atomic E-state index is 0.0433. The van der Waals surface area contributed by atoms with Crippen molar-refractivity contribution in [3.63, 3.8) is 0 Å². The Labute approximate surface area is 180 Å². The normalized spacial score (nSPS) is 21.5. The number of rotatable bonds is 4. The number of carbonyl (C=O) groups excluding carboxylic acids is 2. The zero-order chi connectivity index (χ0) is 21.6. The first-order valence-electron chi connectivity index (χ1n) is 10.9. The molecular weight excluding hydrogens is 393 g/mol. The Morgan fingerprint density at radius 3 is 2.61 bits per heavy atom. The number of fused-ring (bicyclic) bond motifs is 3. The van der Waals surface area contributed by atoms with Crippen LogP contribution in [0.4, 0.5) is 4.39 Å². The van der Waals surface area contributed by atoms with Crippen LogP contribution in [0, 0.1) is 5.82 Å². The predicted molar refractivity (Wildman–Crippen MR) is 117 cm³/mol. The molecule has 1 aliphatic carbocycles. The third-order valence-corrected chi connectivity index (χ3v) is 6.80. The minimum atomic E-state index is -1.13. The lowest BCUT2D eigenvalue weighted by molar-refractivity contribution is -0.133. The van der Waals surface area contributed by atoms with Gasteiger partial charge in [-0.25, -0.2) is 4.39 Å². The third kappa shape index (κ3) is 3.30. The van der Waals surface area contributed by atoms with Crippen molar-refractivity contribution >= 4 is 22.7 Å². The predicted octanol–water partition coefficient (Wildman–Crippen LogP) is 4.25. The van der Waals surface area contributed by atoms with E-state index < -0.39 is 5.54 Å². The molecule has 5 rings (SSSR count). The molecule has 160 valence electrons. The summed E-state index contributed by atoms with van der Waals surface area (Å²) in [6.07, 6.45) is 4.12. The minimum Gasteiger partial charge on any atom is -0.351 e. The number of halogens is 1. The lowest BCUT2D eigenvalue weighted by Gasteiger charge is -2.44. The first-order chi connectivity index (χ1) is 15.0. The second kappa shape index (κ2) is 7.52.